The van der Waals surface area contributed by atoms with Gasteiger partial charge in [0.05, 0.1) is 12.2 Å². The van der Waals surface area contributed by atoms with Crippen molar-refractivity contribution < 1.29 is 51.5 Å². The number of halogens is 6. The number of alkyl halides is 6. The lowest BCUT2D eigenvalue weighted by Crippen LogP contribution is -2.27. The third kappa shape index (κ3) is 8.75. The average molecular weight is 384 g/mol. The van der Waals surface area contributed by atoms with Crippen molar-refractivity contribution in [3.05, 3.63) is 0 Å². The van der Waals surface area contributed by atoms with Crippen LogP contribution >= 0.6 is 0 Å². The first-order valence-corrected chi connectivity index (χ1v) is 8.14. The van der Waals surface area contributed by atoms with E-state index in [1.807, 2.05) is 0 Å². The molecule has 0 fully saturated rings. The van der Waals surface area contributed by atoms with Crippen LogP contribution < -0.4 is 0 Å². The van der Waals surface area contributed by atoms with Crippen molar-refractivity contribution in [2.45, 2.75) is 50.9 Å². The third-order valence-electron chi connectivity index (χ3n) is 1.21. The third-order valence-corrected chi connectivity index (χ3v) is 3.62. The maximum Gasteiger partial charge on any atom is 0.523 e. The molecule has 6 nitrogen and oxygen atoms in total. The normalized spacial score (nSPS) is 14.0. The summed E-state index contributed by atoms with van der Waals surface area (Å²) in [6.07, 6.45) is -2.00. The summed E-state index contributed by atoms with van der Waals surface area (Å²) in [4.78, 5) is 0. The van der Waals surface area contributed by atoms with Crippen LogP contribution in [0.3, 0.4) is 0 Å². The van der Waals surface area contributed by atoms with E-state index < -0.39 is 43.5 Å². The molecule has 0 saturated heterocycles. The average Bonchev–Trinajstić information content (AvgIpc) is 2.09. The molecule has 0 aliphatic rings. The fourth-order valence-corrected chi connectivity index (χ4v) is 1.85. The van der Waals surface area contributed by atoms with E-state index in [0.29, 0.717) is 0 Å². The minimum Gasteiger partial charge on any atom is -0.260 e. The van der Waals surface area contributed by atoms with E-state index in [2.05, 4.69) is 8.37 Å². The molecule has 0 radical (unpaired) electrons. The highest BCUT2D eigenvalue weighted by atomic mass is 32.2. The first-order chi connectivity index (χ1) is 9.33. The van der Waals surface area contributed by atoms with Gasteiger partial charge < -0.3 is 0 Å². The molecular weight excluding hydrogens is 370 g/mol. The molecule has 136 valence electrons. The molecule has 0 saturated carbocycles. The Kier molecular flexibility index (Phi) is 8.38. The quantitative estimate of drug-likeness (QED) is 0.421. The zero-order valence-electron chi connectivity index (χ0n) is 11.7. The summed E-state index contributed by atoms with van der Waals surface area (Å²) in [7, 11) is -10.8. The van der Waals surface area contributed by atoms with Gasteiger partial charge in [0.25, 0.3) is 0 Å². The van der Waals surface area contributed by atoms with Gasteiger partial charge >= 0.3 is 31.3 Å². The molecule has 0 aromatic heterocycles. The smallest absolute Gasteiger partial charge is 0.260 e. The second-order valence-electron chi connectivity index (χ2n) is 4.09. The van der Waals surface area contributed by atoms with Crippen LogP contribution in [0.1, 0.15) is 27.7 Å². The van der Waals surface area contributed by atoms with Crippen molar-refractivity contribution in [1.82, 2.24) is 0 Å². The zero-order chi connectivity index (χ0) is 18.6. The van der Waals surface area contributed by atoms with Crippen LogP contribution in [-0.2, 0) is 28.6 Å². The van der Waals surface area contributed by atoms with Gasteiger partial charge in [-0.2, -0.15) is 43.2 Å². The molecular formula is C8H14F6O6S2. The first-order valence-electron chi connectivity index (χ1n) is 5.32. The number of hydrogen-bond acceptors (Lipinski definition) is 6. The Labute approximate surface area is 123 Å². The molecule has 0 aromatic carbocycles. The molecule has 0 unspecified atom stereocenters. The summed E-state index contributed by atoms with van der Waals surface area (Å²) in [5.41, 5.74) is -10.6. The van der Waals surface area contributed by atoms with Crippen molar-refractivity contribution in [3.8, 4) is 0 Å². The van der Waals surface area contributed by atoms with Crippen molar-refractivity contribution in [3.63, 3.8) is 0 Å². The van der Waals surface area contributed by atoms with Gasteiger partial charge in [-0.1, -0.05) is 0 Å². The highest BCUT2D eigenvalue weighted by Crippen LogP contribution is 2.26. The molecule has 0 N–H and O–H groups in total. The van der Waals surface area contributed by atoms with Gasteiger partial charge in [-0.25, -0.2) is 0 Å². The van der Waals surface area contributed by atoms with Crippen molar-refractivity contribution >= 4 is 20.2 Å². The van der Waals surface area contributed by atoms with Crippen LogP contribution in [0.15, 0.2) is 0 Å². The van der Waals surface area contributed by atoms with Gasteiger partial charge in [0.1, 0.15) is 0 Å². The summed E-state index contributed by atoms with van der Waals surface area (Å²) in [5, 5.41) is 0. The molecule has 0 bridgehead atoms. The standard InChI is InChI=1S/2C4H7F3O3S/c2*1-3(2)10-11(8,9)4(5,6)7/h2*3H,1-2H3. The highest BCUT2D eigenvalue weighted by molar-refractivity contribution is 7.87. The molecule has 0 rings (SSSR count). The predicted octanol–water partition coefficient (Wildman–Crippen LogP) is 2.52. The Hall–Kier alpha value is -0.600. The Morgan fingerprint density at radius 2 is 0.818 bits per heavy atom. The minimum absolute atomic E-state index is 0.998. The summed E-state index contributed by atoms with van der Waals surface area (Å²) < 4.78 is 117. The molecule has 14 heteroatoms. The van der Waals surface area contributed by atoms with Gasteiger partial charge in [-0.15, -0.1) is 0 Å². The van der Waals surface area contributed by atoms with Crippen LogP contribution in [-0.4, -0.2) is 40.1 Å². The van der Waals surface area contributed by atoms with E-state index in [4.69, 9.17) is 0 Å². The first kappa shape index (κ1) is 23.7. The van der Waals surface area contributed by atoms with Crippen LogP contribution in [0.2, 0.25) is 0 Å². The molecule has 0 aliphatic carbocycles. The van der Waals surface area contributed by atoms with Crippen molar-refractivity contribution in [2.24, 2.45) is 0 Å². The topological polar surface area (TPSA) is 86.7 Å². The van der Waals surface area contributed by atoms with E-state index >= 15 is 0 Å². The Morgan fingerprint density at radius 1 is 0.636 bits per heavy atom. The van der Waals surface area contributed by atoms with Crippen molar-refractivity contribution in [2.75, 3.05) is 0 Å². The van der Waals surface area contributed by atoms with E-state index in [9.17, 15) is 43.2 Å². The maximum atomic E-state index is 11.5. The van der Waals surface area contributed by atoms with Gasteiger partial charge in [-0.3, -0.25) is 8.37 Å². The Bertz CT molecular complexity index is 480. The van der Waals surface area contributed by atoms with Crippen LogP contribution in [0, 0.1) is 0 Å². The number of hydrogen-bond donors (Lipinski definition) is 0. The van der Waals surface area contributed by atoms with Crippen LogP contribution in [0.25, 0.3) is 0 Å². The highest BCUT2D eigenvalue weighted by Gasteiger charge is 2.48. The molecule has 0 aliphatic heterocycles. The molecule has 0 heterocycles. The maximum absolute atomic E-state index is 11.5. The van der Waals surface area contributed by atoms with Gasteiger partial charge in [0, 0.05) is 0 Å². The van der Waals surface area contributed by atoms with Crippen LogP contribution in [0.4, 0.5) is 26.3 Å². The van der Waals surface area contributed by atoms with E-state index in [0.717, 1.165) is 0 Å². The number of rotatable bonds is 4. The molecule has 22 heavy (non-hydrogen) atoms. The van der Waals surface area contributed by atoms with Crippen LogP contribution in [0.5, 0.6) is 0 Å². The lowest BCUT2D eigenvalue weighted by atomic mass is 10.5. The van der Waals surface area contributed by atoms with E-state index in [1.54, 1.807) is 0 Å². The van der Waals surface area contributed by atoms with Gasteiger partial charge in [0.15, 0.2) is 0 Å². The van der Waals surface area contributed by atoms with E-state index in [-0.39, 0.29) is 0 Å². The SMILES string of the molecule is CC(C)OS(=O)(=O)C(F)(F)F.CC(C)OS(=O)(=O)C(F)(F)F. The summed E-state index contributed by atoms with van der Waals surface area (Å²) in [6, 6.07) is 0. The lowest BCUT2D eigenvalue weighted by Gasteiger charge is -2.09. The van der Waals surface area contributed by atoms with Gasteiger partial charge in [0.2, 0.25) is 0 Å². The van der Waals surface area contributed by atoms with Crippen molar-refractivity contribution in [1.29, 1.82) is 0 Å². The summed E-state index contributed by atoms with van der Waals surface area (Å²) in [6.45, 7) is 4.79. The summed E-state index contributed by atoms with van der Waals surface area (Å²) in [5.74, 6) is 0. The Balaban J connectivity index is 0. The molecule has 0 amide bonds. The van der Waals surface area contributed by atoms with Gasteiger partial charge in [-0.05, 0) is 27.7 Å². The molecule has 0 aromatic rings. The fraction of sp³-hybridized carbons (Fsp3) is 1.00. The minimum atomic E-state index is -5.40. The second kappa shape index (κ2) is 7.79. The molecule has 0 spiro atoms. The second-order valence-corrected chi connectivity index (χ2v) is 7.22. The largest absolute Gasteiger partial charge is 0.523 e. The monoisotopic (exact) mass is 384 g/mol. The molecule has 0 atom stereocenters. The summed E-state index contributed by atoms with van der Waals surface area (Å²) >= 11 is 0. The zero-order valence-corrected chi connectivity index (χ0v) is 13.3. The predicted molar refractivity (Wildman–Crippen MR) is 62.4 cm³/mol. The van der Waals surface area contributed by atoms with E-state index in [1.165, 1.54) is 27.7 Å². The fourth-order valence-electron chi connectivity index (χ4n) is 0.616. The Morgan fingerprint density at radius 3 is 0.864 bits per heavy atom. The lowest BCUT2D eigenvalue weighted by molar-refractivity contribution is -0.0566.